The molecule has 5 rings (SSSR count). The molecule has 3 amide bonds. The summed E-state index contributed by atoms with van der Waals surface area (Å²) in [6, 6.07) is 17.2. The number of hydrogen-bond acceptors (Lipinski definition) is 6. The van der Waals surface area contributed by atoms with Crippen molar-refractivity contribution in [3.63, 3.8) is 0 Å². The van der Waals surface area contributed by atoms with Crippen LogP contribution in [0, 0.1) is 6.92 Å². The van der Waals surface area contributed by atoms with Crippen LogP contribution in [0.25, 0.3) is 0 Å². The van der Waals surface area contributed by atoms with E-state index in [4.69, 9.17) is 9.47 Å². The van der Waals surface area contributed by atoms with Gasteiger partial charge in [0.2, 0.25) is 5.91 Å². The lowest BCUT2D eigenvalue weighted by molar-refractivity contribution is -0.128. The van der Waals surface area contributed by atoms with Crippen LogP contribution in [0.1, 0.15) is 44.7 Å². The minimum absolute atomic E-state index is 0.0411. The molecule has 1 aromatic heterocycles. The predicted molar refractivity (Wildman–Crippen MR) is 144 cm³/mol. The molecule has 202 valence electrons. The van der Waals surface area contributed by atoms with Crippen molar-refractivity contribution in [2.75, 3.05) is 26.8 Å². The van der Waals surface area contributed by atoms with E-state index >= 15 is 0 Å². The molecule has 2 aliphatic heterocycles. The zero-order valence-corrected chi connectivity index (χ0v) is 22.1. The zero-order valence-electron chi connectivity index (χ0n) is 22.1. The molecule has 39 heavy (non-hydrogen) atoms. The molecule has 2 fully saturated rings. The summed E-state index contributed by atoms with van der Waals surface area (Å²) in [5.41, 5.74) is 1.94. The van der Waals surface area contributed by atoms with E-state index in [1.165, 1.54) is 0 Å². The number of rotatable bonds is 6. The van der Waals surface area contributed by atoms with Crippen molar-refractivity contribution in [3.8, 4) is 5.75 Å². The number of piperidine rings is 1. The molecule has 1 unspecified atom stereocenters. The molecule has 0 aliphatic carbocycles. The molecule has 2 aromatic carbocycles. The predicted octanol–water partition coefficient (Wildman–Crippen LogP) is 3.19. The standard InChI is InChI=1S/C30H32N4O5/c1-21-5-3-4-6-25(21)29(37)33-17-13-30(14-18-33)34(28(36)23-7-9-24(38-2)10-8-23)26(20-39-30)27(35)32-19-22-11-15-31-16-12-22/h3-12,15-16,26H,13-14,17-20H2,1-2H3,(H,32,35). The van der Waals surface area contributed by atoms with Crippen molar-refractivity contribution in [1.82, 2.24) is 20.1 Å². The summed E-state index contributed by atoms with van der Waals surface area (Å²) in [5, 5.41) is 2.95. The lowest BCUT2D eigenvalue weighted by atomic mass is 9.95. The summed E-state index contributed by atoms with van der Waals surface area (Å²) >= 11 is 0. The lowest BCUT2D eigenvalue weighted by Crippen LogP contribution is -2.59. The smallest absolute Gasteiger partial charge is 0.256 e. The first-order valence-corrected chi connectivity index (χ1v) is 13.0. The highest BCUT2D eigenvalue weighted by Crippen LogP contribution is 2.39. The average Bonchev–Trinajstić information content (AvgIpc) is 3.34. The Balaban J connectivity index is 1.37. The summed E-state index contributed by atoms with van der Waals surface area (Å²) in [7, 11) is 1.56. The number of nitrogens with zero attached hydrogens (tertiary/aromatic N) is 3. The summed E-state index contributed by atoms with van der Waals surface area (Å²) in [4.78, 5) is 48.0. The Bertz CT molecular complexity index is 1340. The molecule has 9 nitrogen and oxygen atoms in total. The highest BCUT2D eigenvalue weighted by molar-refractivity contribution is 5.99. The maximum atomic E-state index is 13.9. The number of likely N-dealkylation sites (tertiary alicyclic amines) is 1. The molecule has 1 spiro atoms. The molecule has 2 saturated heterocycles. The SMILES string of the molecule is COc1ccc(C(=O)N2C(C(=O)NCc3ccncc3)COC23CCN(C(=O)c2ccccc2C)CC3)cc1. The maximum absolute atomic E-state index is 13.9. The van der Waals surface area contributed by atoms with Crippen molar-refractivity contribution in [2.45, 2.75) is 38.1 Å². The molecular formula is C30H32N4O5. The molecule has 1 N–H and O–H groups in total. The van der Waals surface area contributed by atoms with E-state index in [1.807, 2.05) is 43.3 Å². The minimum atomic E-state index is -0.988. The third kappa shape index (κ3) is 5.35. The molecule has 2 aliphatic rings. The van der Waals surface area contributed by atoms with Crippen molar-refractivity contribution < 1.29 is 23.9 Å². The van der Waals surface area contributed by atoms with Crippen LogP contribution in [0.3, 0.4) is 0 Å². The Labute approximate surface area is 227 Å². The van der Waals surface area contributed by atoms with Gasteiger partial charge in [0.05, 0.1) is 13.7 Å². The van der Waals surface area contributed by atoms with Crippen molar-refractivity contribution in [3.05, 3.63) is 95.3 Å². The second kappa shape index (κ2) is 11.2. The minimum Gasteiger partial charge on any atom is -0.497 e. The first-order valence-electron chi connectivity index (χ1n) is 13.0. The molecule has 0 radical (unpaired) electrons. The number of hydrogen-bond donors (Lipinski definition) is 1. The van der Waals surface area contributed by atoms with Gasteiger partial charge in [-0.25, -0.2) is 0 Å². The summed E-state index contributed by atoms with van der Waals surface area (Å²) in [6.45, 7) is 3.13. The van der Waals surface area contributed by atoms with Crippen LogP contribution < -0.4 is 10.1 Å². The van der Waals surface area contributed by atoms with Crippen molar-refractivity contribution in [2.24, 2.45) is 0 Å². The number of pyridine rings is 1. The van der Waals surface area contributed by atoms with Gasteiger partial charge >= 0.3 is 0 Å². The third-order valence-electron chi connectivity index (χ3n) is 7.54. The topological polar surface area (TPSA) is 101 Å². The molecule has 0 saturated carbocycles. The van der Waals surface area contributed by atoms with E-state index in [-0.39, 0.29) is 24.3 Å². The first kappa shape index (κ1) is 26.4. The van der Waals surface area contributed by atoms with Crippen LogP contribution in [0.4, 0.5) is 0 Å². The Hall–Kier alpha value is -4.24. The normalized spacial score (nSPS) is 18.2. The van der Waals surface area contributed by atoms with Crippen molar-refractivity contribution in [1.29, 1.82) is 0 Å². The molecular weight excluding hydrogens is 496 g/mol. The number of amides is 3. The molecule has 3 heterocycles. The van der Waals surface area contributed by atoms with E-state index in [2.05, 4.69) is 10.3 Å². The van der Waals surface area contributed by atoms with Crippen LogP contribution >= 0.6 is 0 Å². The third-order valence-corrected chi connectivity index (χ3v) is 7.54. The van der Waals surface area contributed by atoms with Crippen LogP contribution in [0.15, 0.2) is 73.1 Å². The number of aryl methyl sites for hydroxylation is 1. The van der Waals surface area contributed by atoms with Crippen LogP contribution in [-0.2, 0) is 16.1 Å². The van der Waals surface area contributed by atoms with Gasteiger partial charge in [-0.15, -0.1) is 0 Å². The maximum Gasteiger partial charge on any atom is 0.256 e. The Morgan fingerprint density at radius 2 is 1.69 bits per heavy atom. The fourth-order valence-electron chi connectivity index (χ4n) is 5.29. The Morgan fingerprint density at radius 1 is 1.00 bits per heavy atom. The van der Waals surface area contributed by atoms with Crippen LogP contribution in [0.2, 0.25) is 0 Å². The Morgan fingerprint density at radius 3 is 2.36 bits per heavy atom. The second-order valence-corrected chi connectivity index (χ2v) is 9.86. The number of benzene rings is 2. The average molecular weight is 529 g/mol. The van der Waals surface area contributed by atoms with Gasteiger partial charge in [-0.3, -0.25) is 24.3 Å². The number of aromatic nitrogens is 1. The van der Waals surface area contributed by atoms with Gasteiger partial charge in [0.15, 0.2) is 0 Å². The quantitative estimate of drug-likeness (QED) is 0.528. The monoisotopic (exact) mass is 528 g/mol. The lowest BCUT2D eigenvalue weighted by Gasteiger charge is -2.44. The van der Waals surface area contributed by atoms with Crippen LogP contribution in [0.5, 0.6) is 5.75 Å². The summed E-state index contributed by atoms with van der Waals surface area (Å²) in [6.07, 6.45) is 4.14. The number of methoxy groups -OCH3 is 1. The number of carbonyl (C=O) groups excluding carboxylic acids is 3. The van der Waals surface area contributed by atoms with E-state index < -0.39 is 11.8 Å². The highest BCUT2D eigenvalue weighted by atomic mass is 16.5. The van der Waals surface area contributed by atoms with Gasteiger partial charge in [-0.1, -0.05) is 18.2 Å². The largest absolute Gasteiger partial charge is 0.497 e. The van der Waals surface area contributed by atoms with E-state index in [1.54, 1.807) is 53.6 Å². The first-order chi connectivity index (χ1) is 18.9. The highest BCUT2D eigenvalue weighted by Gasteiger charge is 2.54. The van der Waals surface area contributed by atoms with E-state index in [9.17, 15) is 14.4 Å². The fourth-order valence-corrected chi connectivity index (χ4v) is 5.29. The van der Waals surface area contributed by atoms with Gasteiger partial charge in [0.25, 0.3) is 11.8 Å². The zero-order chi connectivity index (χ0) is 27.4. The van der Waals surface area contributed by atoms with Gasteiger partial charge in [0.1, 0.15) is 17.5 Å². The van der Waals surface area contributed by atoms with Gasteiger partial charge in [-0.05, 0) is 60.5 Å². The second-order valence-electron chi connectivity index (χ2n) is 9.86. The van der Waals surface area contributed by atoms with Crippen molar-refractivity contribution >= 4 is 17.7 Å². The number of nitrogens with one attached hydrogen (secondary N) is 1. The molecule has 3 aromatic rings. The number of carbonyl (C=O) groups is 3. The van der Waals surface area contributed by atoms with E-state index in [0.717, 1.165) is 11.1 Å². The molecule has 9 heteroatoms. The summed E-state index contributed by atoms with van der Waals surface area (Å²) in [5.74, 6) is 0.0103. The van der Waals surface area contributed by atoms with Gasteiger partial charge < -0.3 is 19.7 Å². The number of ether oxygens (including phenoxy) is 2. The molecule has 0 bridgehead atoms. The van der Waals surface area contributed by atoms with Crippen LogP contribution in [-0.4, -0.2) is 71.1 Å². The summed E-state index contributed by atoms with van der Waals surface area (Å²) < 4.78 is 11.5. The van der Waals surface area contributed by atoms with E-state index in [0.29, 0.717) is 49.4 Å². The molecule has 1 atom stereocenters. The van der Waals surface area contributed by atoms with Gasteiger partial charge in [-0.2, -0.15) is 0 Å². The Kier molecular flexibility index (Phi) is 7.60. The van der Waals surface area contributed by atoms with Gasteiger partial charge in [0, 0.05) is 56.0 Å². The fraction of sp³-hybridized carbons (Fsp3) is 0.333.